The van der Waals surface area contributed by atoms with E-state index < -0.39 is 0 Å². The first-order chi connectivity index (χ1) is 8.31. The average molecular weight is 230 g/mol. The van der Waals surface area contributed by atoms with E-state index in [1.807, 2.05) is 12.1 Å². The fraction of sp³-hybridized carbons (Fsp3) is 0.333. The molecule has 0 unspecified atom stereocenters. The van der Waals surface area contributed by atoms with Gasteiger partial charge in [0.05, 0.1) is 14.2 Å². The Morgan fingerprint density at radius 1 is 1.06 bits per heavy atom. The van der Waals surface area contributed by atoms with Gasteiger partial charge in [-0.1, -0.05) is 17.7 Å². The Morgan fingerprint density at radius 2 is 1.82 bits per heavy atom. The first-order valence-corrected chi connectivity index (χ1v) is 5.88. The second kappa shape index (κ2) is 5.58. The van der Waals surface area contributed by atoms with Gasteiger partial charge in [-0.15, -0.1) is 0 Å². The Balaban J connectivity index is 2.05. The van der Waals surface area contributed by atoms with Gasteiger partial charge in [-0.3, -0.25) is 0 Å². The highest BCUT2D eigenvalue weighted by Crippen LogP contribution is 2.22. The Hall–Kier alpha value is -1.70. The molecular formula is C15H18O2. The zero-order valence-electron chi connectivity index (χ0n) is 10.4. The molecule has 0 bridgehead atoms. The highest BCUT2D eigenvalue weighted by Gasteiger charge is 2.06. The normalized spacial score (nSPS) is 14.9. The van der Waals surface area contributed by atoms with E-state index >= 15 is 0 Å². The van der Waals surface area contributed by atoms with Crippen LogP contribution in [0.15, 0.2) is 47.7 Å². The van der Waals surface area contributed by atoms with E-state index in [2.05, 4.69) is 24.3 Å². The molecule has 1 aromatic rings. The molecule has 0 fully saturated rings. The van der Waals surface area contributed by atoms with E-state index in [4.69, 9.17) is 9.47 Å². The lowest BCUT2D eigenvalue weighted by atomic mass is 9.97. The Morgan fingerprint density at radius 3 is 2.47 bits per heavy atom. The zero-order valence-corrected chi connectivity index (χ0v) is 10.4. The molecule has 2 nitrogen and oxygen atoms in total. The van der Waals surface area contributed by atoms with Crippen LogP contribution < -0.4 is 4.74 Å². The van der Waals surface area contributed by atoms with Crippen LogP contribution in [0, 0.1) is 0 Å². The molecule has 0 saturated carbocycles. The van der Waals surface area contributed by atoms with Crippen LogP contribution in [-0.4, -0.2) is 14.2 Å². The highest BCUT2D eigenvalue weighted by atomic mass is 16.5. The number of hydrogen-bond donors (Lipinski definition) is 0. The van der Waals surface area contributed by atoms with Gasteiger partial charge >= 0.3 is 0 Å². The van der Waals surface area contributed by atoms with E-state index in [0.717, 1.165) is 30.8 Å². The molecule has 0 aromatic heterocycles. The molecular weight excluding hydrogens is 212 g/mol. The molecule has 0 N–H and O–H groups in total. The third kappa shape index (κ3) is 3.13. The van der Waals surface area contributed by atoms with Gasteiger partial charge in [-0.2, -0.15) is 0 Å². The third-order valence-corrected chi connectivity index (χ3v) is 2.98. The molecule has 0 atom stereocenters. The summed E-state index contributed by atoms with van der Waals surface area (Å²) in [5, 5.41) is 0. The minimum absolute atomic E-state index is 0.906. The van der Waals surface area contributed by atoms with Gasteiger partial charge in [0.15, 0.2) is 0 Å². The van der Waals surface area contributed by atoms with Gasteiger partial charge in [-0.25, -0.2) is 0 Å². The lowest BCUT2D eigenvalue weighted by Crippen LogP contribution is -1.98. The molecule has 0 aliphatic heterocycles. The van der Waals surface area contributed by atoms with Crippen molar-refractivity contribution in [3.05, 3.63) is 53.3 Å². The van der Waals surface area contributed by atoms with Gasteiger partial charge in [0.25, 0.3) is 0 Å². The second-order valence-electron chi connectivity index (χ2n) is 4.18. The van der Waals surface area contributed by atoms with Crippen molar-refractivity contribution < 1.29 is 9.47 Å². The van der Waals surface area contributed by atoms with Crippen LogP contribution in [0.4, 0.5) is 0 Å². The molecule has 2 rings (SSSR count). The number of methoxy groups -OCH3 is 2. The molecule has 1 aromatic carbocycles. The van der Waals surface area contributed by atoms with Crippen LogP contribution in [-0.2, 0) is 11.2 Å². The SMILES string of the molecule is COC1=CCCC(Cc2ccc(OC)cc2)=C1. The monoisotopic (exact) mass is 230 g/mol. The van der Waals surface area contributed by atoms with Gasteiger partial charge in [0, 0.05) is 0 Å². The van der Waals surface area contributed by atoms with Gasteiger partial charge in [0.2, 0.25) is 0 Å². The van der Waals surface area contributed by atoms with Gasteiger partial charge < -0.3 is 9.47 Å². The summed E-state index contributed by atoms with van der Waals surface area (Å²) in [6.07, 6.45) is 7.47. The molecule has 2 heteroatoms. The van der Waals surface area contributed by atoms with Gasteiger partial charge in [-0.05, 0) is 49.1 Å². The lowest BCUT2D eigenvalue weighted by molar-refractivity contribution is 0.302. The molecule has 0 heterocycles. The number of hydrogen-bond acceptors (Lipinski definition) is 2. The Kier molecular flexibility index (Phi) is 3.86. The summed E-state index contributed by atoms with van der Waals surface area (Å²) in [5.41, 5.74) is 2.74. The molecule has 1 aliphatic rings. The highest BCUT2D eigenvalue weighted by molar-refractivity contribution is 5.32. The van der Waals surface area contributed by atoms with Crippen LogP contribution in [0.25, 0.3) is 0 Å². The zero-order chi connectivity index (χ0) is 12.1. The largest absolute Gasteiger partial charge is 0.497 e. The number of ether oxygens (including phenoxy) is 2. The molecule has 0 radical (unpaired) electrons. The predicted molar refractivity (Wildman–Crippen MR) is 69.1 cm³/mol. The second-order valence-corrected chi connectivity index (χ2v) is 4.18. The summed E-state index contributed by atoms with van der Waals surface area (Å²) in [7, 11) is 3.41. The van der Waals surface area contributed by atoms with E-state index in [9.17, 15) is 0 Å². The number of benzene rings is 1. The molecule has 0 spiro atoms. The third-order valence-electron chi connectivity index (χ3n) is 2.98. The maximum Gasteiger partial charge on any atom is 0.118 e. The minimum atomic E-state index is 0.906. The van der Waals surface area contributed by atoms with E-state index in [-0.39, 0.29) is 0 Å². The standard InChI is InChI=1S/C15H18O2/c1-16-14-8-6-12(7-9-14)10-13-4-3-5-15(11-13)17-2/h5-9,11H,3-4,10H2,1-2H3. The summed E-state index contributed by atoms with van der Waals surface area (Å²) >= 11 is 0. The summed E-state index contributed by atoms with van der Waals surface area (Å²) in [4.78, 5) is 0. The van der Waals surface area contributed by atoms with Crippen molar-refractivity contribution in [3.8, 4) is 5.75 Å². The Bertz CT molecular complexity index is 427. The Labute approximate surface area is 103 Å². The number of allylic oxidation sites excluding steroid dienone is 3. The summed E-state index contributed by atoms with van der Waals surface area (Å²) < 4.78 is 10.4. The van der Waals surface area contributed by atoms with E-state index in [1.54, 1.807) is 14.2 Å². The van der Waals surface area contributed by atoms with Crippen LogP contribution in [0.1, 0.15) is 18.4 Å². The lowest BCUT2D eigenvalue weighted by Gasteiger charge is -2.13. The average Bonchev–Trinajstić information content (AvgIpc) is 2.40. The van der Waals surface area contributed by atoms with Crippen LogP contribution >= 0.6 is 0 Å². The summed E-state index contributed by atoms with van der Waals surface area (Å²) in [5.74, 6) is 1.89. The summed E-state index contributed by atoms with van der Waals surface area (Å²) in [6, 6.07) is 8.24. The molecule has 0 saturated heterocycles. The van der Waals surface area contributed by atoms with Crippen LogP contribution in [0.5, 0.6) is 5.75 Å². The smallest absolute Gasteiger partial charge is 0.118 e. The van der Waals surface area contributed by atoms with Crippen molar-refractivity contribution in [1.82, 2.24) is 0 Å². The molecule has 0 amide bonds. The minimum Gasteiger partial charge on any atom is -0.497 e. The molecule has 17 heavy (non-hydrogen) atoms. The van der Waals surface area contributed by atoms with Gasteiger partial charge in [0.1, 0.15) is 11.5 Å². The van der Waals surface area contributed by atoms with Crippen molar-refractivity contribution in [2.24, 2.45) is 0 Å². The van der Waals surface area contributed by atoms with Crippen LogP contribution in [0.2, 0.25) is 0 Å². The van der Waals surface area contributed by atoms with E-state index in [0.29, 0.717) is 0 Å². The summed E-state index contributed by atoms with van der Waals surface area (Å²) in [6.45, 7) is 0. The molecule has 1 aliphatic carbocycles. The number of rotatable bonds is 4. The topological polar surface area (TPSA) is 18.5 Å². The van der Waals surface area contributed by atoms with Crippen LogP contribution in [0.3, 0.4) is 0 Å². The van der Waals surface area contributed by atoms with Crippen molar-refractivity contribution in [1.29, 1.82) is 0 Å². The first kappa shape index (κ1) is 11.8. The van der Waals surface area contributed by atoms with Crippen molar-refractivity contribution >= 4 is 0 Å². The maximum absolute atomic E-state index is 5.26. The van der Waals surface area contributed by atoms with E-state index in [1.165, 1.54) is 11.1 Å². The van der Waals surface area contributed by atoms with Crippen molar-refractivity contribution in [2.45, 2.75) is 19.3 Å². The molecule has 90 valence electrons. The van der Waals surface area contributed by atoms with Crippen molar-refractivity contribution in [2.75, 3.05) is 14.2 Å². The first-order valence-electron chi connectivity index (χ1n) is 5.88. The quantitative estimate of drug-likeness (QED) is 0.788. The fourth-order valence-corrected chi connectivity index (χ4v) is 2.02. The van der Waals surface area contributed by atoms with Crippen molar-refractivity contribution in [3.63, 3.8) is 0 Å². The fourth-order valence-electron chi connectivity index (χ4n) is 2.02. The maximum atomic E-state index is 5.26. The predicted octanol–water partition coefficient (Wildman–Crippen LogP) is 3.49.